The summed E-state index contributed by atoms with van der Waals surface area (Å²) in [6.07, 6.45) is 0. The van der Waals surface area contributed by atoms with Crippen LogP contribution in [0.2, 0.25) is 45.8 Å². The lowest BCUT2D eigenvalue weighted by molar-refractivity contribution is 0.405. The van der Waals surface area contributed by atoms with E-state index < -0.39 is 25.3 Å². The van der Waals surface area contributed by atoms with Gasteiger partial charge in [-0.25, -0.2) is 0 Å². The molecule has 13 heavy (non-hydrogen) atoms. The molecule has 0 aliphatic heterocycles. The lowest BCUT2D eigenvalue weighted by Gasteiger charge is -2.29. The molecule has 2 nitrogen and oxygen atoms in total. The fourth-order valence-electron chi connectivity index (χ4n) is 1.02. The topological polar surface area (TPSA) is 18.5 Å². The molecule has 0 saturated heterocycles. The molecular weight excluding hydrogens is 212 g/mol. The van der Waals surface area contributed by atoms with Crippen LogP contribution in [0.15, 0.2) is 0 Å². The van der Waals surface area contributed by atoms with Crippen molar-refractivity contribution < 1.29 is 8.54 Å². The van der Waals surface area contributed by atoms with E-state index in [4.69, 9.17) is 8.54 Å². The Balaban J connectivity index is 4.17. The molecule has 0 aliphatic rings. The molecule has 0 atom stereocenters. The first-order chi connectivity index (χ1) is 5.62. The Morgan fingerprint density at radius 2 is 1.46 bits per heavy atom. The van der Waals surface area contributed by atoms with Crippen molar-refractivity contribution in [3.05, 3.63) is 0 Å². The van der Waals surface area contributed by atoms with E-state index in [9.17, 15) is 0 Å². The summed E-state index contributed by atoms with van der Waals surface area (Å²) >= 11 is 0. The Bertz CT molecular complexity index is 190. The Morgan fingerprint density at radius 1 is 1.00 bits per heavy atom. The highest BCUT2D eigenvalue weighted by Gasteiger charge is 2.31. The van der Waals surface area contributed by atoms with E-state index in [0.29, 0.717) is 0 Å². The standard InChI is InChI=1S/C8H22O2Si3/c1-11(2)8-9-13(6,7)10-12(3,4)5/h8H,1-7H3. The van der Waals surface area contributed by atoms with Gasteiger partial charge in [-0.1, -0.05) is 13.1 Å². The first-order valence-electron chi connectivity index (χ1n) is 4.64. The van der Waals surface area contributed by atoms with E-state index in [1.165, 1.54) is 0 Å². The molecule has 0 fully saturated rings. The van der Waals surface area contributed by atoms with Gasteiger partial charge < -0.3 is 8.54 Å². The van der Waals surface area contributed by atoms with Gasteiger partial charge >= 0.3 is 8.56 Å². The molecule has 0 aromatic heterocycles. The van der Waals surface area contributed by atoms with Crippen molar-refractivity contribution >= 4 is 31.1 Å². The third-order valence-corrected chi connectivity index (χ3v) is 7.06. The molecule has 0 unspecified atom stereocenters. The second-order valence-electron chi connectivity index (χ2n) is 4.93. The van der Waals surface area contributed by atoms with Gasteiger partial charge in [0.15, 0.2) is 8.32 Å². The van der Waals surface area contributed by atoms with Crippen LogP contribution in [0.25, 0.3) is 0 Å². The molecule has 78 valence electrons. The molecule has 0 aromatic rings. The Hall–Kier alpha value is 0.281. The minimum atomic E-state index is -1.87. The normalized spacial score (nSPS) is 12.5. The molecule has 0 radical (unpaired) electrons. The third kappa shape index (κ3) is 8.61. The summed E-state index contributed by atoms with van der Waals surface area (Å²) in [5.74, 6) is 2.00. The molecule has 0 spiro atoms. The minimum Gasteiger partial charge on any atom is -0.532 e. The zero-order valence-corrected chi connectivity index (χ0v) is 12.9. The molecule has 0 aliphatic carbocycles. The number of hydrogen-bond acceptors (Lipinski definition) is 2. The van der Waals surface area contributed by atoms with Crippen molar-refractivity contribution in [3.8, 4) is 0 Å². The van der Waals surface area contributed by atoms with Gasteiger partial charge in [-0.05, 0) is 32.7 Å². The quantitative estimate of drug-likeness (QED) is 0.696. The van der Waals surface area contributed by atoms with Gasteiger partial charge in [0.1, 0.15) is 0 Å². The van der Waals surface area contributed by atoms with Crippen molar-refractivity contribution in [1.82, 2.24) is 0 Å². The summed E-state index contributed by atoms with van der Waals surface area (Å²) in [5, 5.41) is 0. The Kier molecular flexibility index (Phi) is 4.78. The summed E-state index contributed by atoms with van der Waals surface area (Å²) in [4.78, 5) is 0. The fourth-order valence-corrected chi connectivity index (χ4v) is 9.19. The number of hydrogen-bond donors (Lipinski definition) is 0. The van der Waals surface area contributed by atoms with E-state index >= 15 is 0 Å². The first-order valence-corrected chi connectivity index (χ1v) is 13.4. The van der Waals surface area contributed by atoms with Crippen molar-refractivity contribution in [2.75, 3.05) is 0 Å². The predicted octanol–water partition coefficient (Wildman–Crippen LogP) is 2.65. The minimum absolute atomic E-state index is 0.399. The summed E-state index contributed by atoms with van der Waals surface area (Å²) in [6, 6.07) is 0. The summed E-state index contributed by atoms with van der Waals surface area (Å²) in [5.41, 5.74) is 0. The first kappa shape index (κ1) is 13.3. The number of rotatable bonds is 4. The molecule has 0 N–H and O–H groups in total. The molecule has 0 bridgehead atoms. The van der Waals surface area contributed by atoms with Crippen LogP contribution in [-0.2, 0) is 8.54 Å². The van der Waals surface area contributed by atoms with Crippen molar-refractivity contribution in [2.24, 2.45) is 0 Å². The van der Waals surface area contributed by atoms with Crippen molar-refractivity contribution in [2.45, 2.75) is 45.8 Å². The van der Waals surface area contributed by atoms with Crippen LogP contribution in [0.1, 0.15) is 0 Å². The van der Waals surface area contributed by atoms with E-state index in [1.54, 1.807) is 0 Å². The SMILES string of the molecule is C[Si](C)=CO[Si](C)(C)O[Si](C)(C)C. The highest BCUT2D eigenvalue weighted by Crippen LogP contribution is 2.14. The zero-order chi connectivity index (χ0) is 10.7. The fraction of sp³-hybridized carbons (Fsp3) is 0.875. The maximum absolute atomic E-state index is 6.02. The molecule has 0 heterocycles. The van der Waals surface area contributed by atoms with Crippen LogP contribution in [0, 0.1) is 0 Å². The zero-order valence-electron chi connectivity index (χ0n) is 9.89. The molecule has 0 saturated carbocycles. The average Bonchev–Trinajstić information content (AvgIpc) is 1.78. The van der Waals surface area contributed by atoms with Gasteiger partial charge in [0.05, 0.1) is 0 Å². The van der Waals surface area contributed by atoms with Crippen molar-refractivity contribution in [1.29, 1.82) is 0 Å². The van der Waals surface area contributed by atoms with Crippen LogP contribution in [0.4, 0.5) is 0 Å². The molecule has 0 amide bonds. The summed E-state index contributed by atoms with van der Waals surface area (Å²) in [7, 11) is -3.71. The highest BCUT2D eigenvalue weighted by molar-refractivity contribution is 6.82. The Labute approximate surface area is 85.9 Å². The van der Waals surface area contributed by atoms with E-state index in [2.05, 4.69) is 45.8 Å². The lowest BCUT2D eigenvalue weighted by Crippen LogP contribution is -2.44. The second kappa shape index (κ2) is 4.68. The average molecular weight is 235 g/mol. The molecular formula is C8H22O2Si3. The van der Waals surface area contributed by atoms with Gasteiger partial charge in [-0.3, -0.25) is 0 Å². The maximum Gasteiger partial charge on any atom is 0.381 e. The van der Waals surface area contributed by atoms with E-state index in [1.807, 2.05) is 5.86 Å². The molecule has 0 rings (SSSR count). The van der Waals surface area contributed by atoms with Crippen molar-refractivity contribution in [3.63, 3.8) is 0 Å². The summed E-state index contributed by atoms with van der Waals surface area (Å²) in [6.45, 7) is 15.3. The van der Waals surface area contributed by atoms with Crippen LogP contribution in [-0.4, -0.2) is 31.1 Å². The lowest BCUT2D eigenvalue weighted by atomic mass is 11.7. The van der Waals surface area contributed by atoms with Gasteiger partial charge in [-0.2, -0.15) is 0 Å². The second-order valence-corrected chi connectivity index (χ2v) is 15.4. The van der Waals surface area contributed by atoms with Crippen LogP contribution >= 0.6 is 0 Å². The highest BCUT2D eigenvalue weighted by atomic mass is 28.4. The summed E-state index contributed by atoms with van der Waals surface area (Å²) < 4.78 is 11.8. The smallest absolute Gasteiger partial charge is 0.381 e. The predicted molar refractivity (Wildman–Crippen MR) is 66.5 cm³/mol. The van der Waals surface area contributed by atoms with Gasteiger partial charge in [0.25, 0.3) is 0 Å². The molecule has 5 heteroatoms. The monoisotopic (exact) mass is 234 g/mol. The van der Waals surface area contributed by atoms with E-state index in [0.717, 1.165) is 0 Å². The van der Waals surface area contributed by atoms with Crippen LogP contribution < -0.4 is 0 Å². The van der Waals surface area contributed by atoms with Crippen LogP contribution in [0.5, 0.6) is 0 Å². The van der Waals surface area contributed by atoms with Gasteiger partial charge in [0, 0.05) is 14.3 Å². The maximum atomic E-state index is 6.02. The van der Waals surface area contributed by atoms with Gasteiger partial charge in [0.2, 0.25) is 0 Å². The van der Waals surface area contributed by atoms with E-state index in [-0.39, 0.29) is 0 Å². The Morgan fingerprint density at radius 3 is 1.77 bits per heavy atom. The van der Waals surface area contributed by atoms with Gasteiger partial charge in [-0.15, -0.1) is 0 Å². The van der Waals surface area contributed by atoms with Crippen LogP contribution in [0.3, 0.4) is 0 Å². The third-order valence-electron chi connectivity index (χ3n) is 1.13. The molecule has 0 aromatic carbocycles. The largest absolute Gasteiger partial charge is 0.532 e.